The molecule has 79 heavy (non-hydrogen) atoms. The first-order chi connectivity index (χ1) is 39.0. The van der Waals surface area contributed by atoms with E-state index in [0.717, 1.165) is 122 Å². The minimum absolute atomic E-state index is 0.0949. The Morgan fingerprint density at radius 2 is 0.494 bits per heavy atom. The third kappa shape index (κ3) is 64.3. The average Bonchev–Trinajstić information content (AvgIpc) is 3.45. The molecule has 0 radical (unpaired) electrons. The lowest BCUT2D eigenvalue weighted by atomic mass is 10.0. The maximum Gasteiger partial charge on any atom is 0.306 e. The highest BCUT2D eigenvalue weighted by molar-refractivity contribution is 5.71. The van der Waals surface area contributed by atoms with Gasteiger partial charge in [-0.3, -0.25) is 14.4 Å². The van der Waals surface area contributed by atoms with Crippen molar-refractivity contribution < 1.29 is 28.6 Å². The third-order valence-corrected chi connectivity index (χ3v) is 13.6. The molecule has 0 fully saturated rings. The summed E-state index contributed by atoms with van der Waals surface area (Å²) in [4.78, 5) is 38.1. The van der Waals surface area contributed by atoms with Gasteiger partial charge in [0.1, 0.15) is 13.2 Å². The highest BCUT2D eigenvalue weighted by atomic mass is 16.6. The van der Waals surface area contributed by atoms with Crippen LogP contribution in [-0.4, -0.2) is 37.2 Å². The van der Waals surface area contributed by atoms with Gasteiger partial charge in [-0.1, -0.05) is 283 Å². The van der Waals surface area contributed by atoms with Crippen molar-refractivity contribution in [2.24, 2.45) is 0 Å². The fraction of sp³-hybridized carbons (Fsp3) is 0.658. The molecule has 6 heteroatoms. The van der Waals surface area contributed by atoms with Crippen LogP contribution in [0.25, 0.3) is 0 Å². The summed E-state index contributed by atoms with van der Waals surface area (Å²) in [6, 6.07) is 0. The number of carbonyl (C=O) groups excluding carboxylic acids is 3. The molecule has 0 aromatic rings. The summed E-state index contributed by atoms with van der Waals surface area (Å²) in [6.45, 7) is 6.44. The lowest BCUT2D eigenvalue weighted by molar-refractivity contribution is -0.167. The van der Waals surface area contributed by atoms with E-state index in [4.69, 9.17) is 14.2 Å². The molecule has 0 aliphatic rings. The summed E-state index contributed by atoms with van der Waals surface area (Å²) < 4.78 is 16.8. The van der Waals surface area contributed by atoms with Gasteiger partial charge in [-0.2, -0.15) is 0 Å². The van der Waals surface area contributed by atoms with Crippen LogP contribution in [0.3, 0.4) is 0 Å². The maximum atomic E-state index is 12.9. The van der Waals surface area contributed by atoms with Crippen LogP contribution in [0.1, 0.15) is 290 Å². The van der Waals surface area contributed by atoms with E-state index in [1.54, 1.807) is 0 Å². The zero-order valence-corrected chi connectivity index (χ0v) is 51.3. The Morgan fingerprint density at radius 3 is 0.797 bits per heavy atom. The molecule has 1 unspecified atom stereocenters. The Bertz CT molecular complexity index is 1680. The van der Waals surface area contributed by atoms with Crippen molar-refractivity contribution in [1.82, 2.24) is 0 Å². The predicted octanol–water partition coefficient (Wildman–Crippen LogP) is 22.5. The van der Waals surface area contributed by atoms with Crippen LogP contribution >= 0.6 is 0 Å². The third-order valence-electron chi connectivity index (χ3n) is 13.6. The Balaban J connectivity index is 4.24. The molecule has 0 rings (SSSR count). The highest BCUT2D eigenvalue weighted by Gasteiger charge is 2.19. The summed E-state index contributed by atoms with van der Waals surface area (Å²) in [5.41, 5.74) is 0. The second kappa shape index (κ2) is 66.1. The molecule has 0 saturated heterocycles. The summed E-state index contributed by atoms with van der Waals surface area (Å²) in [7, 11) is 0. The highest BCUT2D eigenvalue weighted by Crippen LogP contribution is 2.15. The molecular formula is C73H120O6. The van der Waals surface area contributed by atoms with Gasteiger partial charge in [0.25, 0.3) is 0 Å². The maximum absolute atomic E-state index is 12.9. The van der Waals surface area contributed by atoms with E-state index in [0.29, 0.717) is 19.3 Å². The van der Waals surface area contributed by atoms with Crippen LogP contribution in [0.15, 0.2) is 134 Å². The summed E-state index contributed by atoms with van der Waals surface area (Å²) in [6.07, 6.45) is 93.4. The number of unbranched alkanes of at least 4 members (excludes halogenated alkanes) is 25. The lowest BCUT2D eigenvalue weighted by Crippen LogP contribution is -2.30. The largest absolute Gasteiger partial charge is 0.462 e. The van der Waals surface area contributed by atoms with Crippen molar-refractivity contribution in [2.45, 2.75) is 297 Å². The number of esters is 3. The number of allylic oxidation sites excluding steroid dienone is 22. The first kappa shape index (κ1) is 74.5. The van der Waals surface area contributed by atoms with Gasteiger partial charge in [-0.05, 0) is 122 Å². The number of hydrogen-bond donors (Lipinski definition) is 0. The number of hydrogen-bond acceptors (Lipinski definition) is 6. The quantitative estimate of drug-likeness (QED) is 0.0261. The van der Waals surface area contributed by atoms with E-state index in [-0.39, 0.29) is 31.1 Å². The Labute approximate surface area is 487 Å². The van der Waals surface area contributed by atoms with E-state index in [1.807, 2.05) is 0 Å². The Hall–Kier alpha value is -4.45. The minimum Gasteiger partial charge on any atom is -0.462 e. The standard InChI is InChI=1S/C73H120O6/c1-4-7-10-13-16-18-20-22-24-26-28-30-32-34-36-38-40-42-44-46-48-50-52-54-57-60-63-66-72(75)78-69-70(68-77-71(74)65-62-59-56-15-12-9-6-3)79-73(76)67-64-61-58-55-53-51-49-47-45-43-41-39-37-35-33-31-29-27-25-23-21-19-17-14-11-8-5-2/h7,10,16,18,21-24,27-30,33-36,40,42,46,48,52,54,70H,4-6,8-9,11-15,17,19-20,25-26,31-32,37-39,41,43-45,47,49-51,53,55-69H2,1-3H3/b10-7-,18-16-,23-21-,24-22-,29-27-,30-28-,35-33-,36-34-,42-40-,48-46-,54-52-. The SMILES string of the molecule is CC/C=C\C/C=C\C/C=C\C/C=C\C/C=C\C/C=C\C/C=C\C/C=C\CCCCC(=O)OCC(COC(=O)CCCCCCCCC)OC(=O)CCCCCCCCCCCCCC/C=C\C/C=C\C/C=C\CCCCCCC. The summed E-state index contributed by atoms with van der Waals surface area (Å²) in [5, 5.41) is 0. The van der Waals surface area contributed by atoms with Gasteiger partial charge in [-0.25, -0.2) is 0 Å². The van der Waals surface area contributed by atoms with E-state index in [9.17, 15) is 14.4 Å². The molecule has 0 aliphatic heterocycles. The van der Waals surface area contributed by atoms with Crippen LogP contribution in [0.2, 0.25) is 0 Å². The number of ether oxygens (including phenoxy) is 3. The van der Waals surface area contributed by atoms with Crippen LogP contribution in [0.4, 0.5) is 0 Å². The molecule has 0 aromatic heterocycles. The monoisotopic (exact) mass is 1090 g/mol. The second-order valence-corrected chi connectivity index (χ2v) is 21.3. The van der Waals surface area contributed by atoms with Crippen LogP contribution in [-0.2, 0) is 28.6 Å². The van der Waals surface area contributed by atoms with Gasteiger partial charge in [0.2, 0.25) is 0 Å². The Morgan fingerprint density at radius 1 is 0.266 bits per heavy atom. The molecule has 0 saturated carbocycles. The van der Waals surface area contributed by atoms with Crippen LogP contribution in [0.5, 0.6) is 0 Å². The van der Waals surface area contributed by atoms with Crippen molar-refractivity contribution in [3.05, 3.63) is 134 Å². The first-order valence-electron chi connectivity index (χ1n) is 32.7. The fourth-order valence-corrected chi connectivity index (χ4v) is 8.76. The van der Waals surface area contributed by atoms with Gasteiger partial charge in [-0.15, -0.1) is 0 Å². The molecule has 0 aliphatic carbocycles. The van der Waals surface area contributed by atoms with E-state index in [1.165, 1.54) is 128 Å². The van der Waals surface area contributed by atoms with Crippen LogP contribution in [0, 0.1) is 0 Å². The topological polar surface area (TPSA) is 78.9 Å². The molecule has 0 amide bonds. The predicted molar refractivity (Wildman–Crippen MR) is 343 cm³/mol. The molecule has 0 N–H and O–H groups in total. The molecule has 0 heterocycles. The number of rotatable bonds is 58. The van der Waals surface area contributed by atoms with Crippen molar-refractivity contribution in [2.75, 3.05) is 13.2 Å². The molecule has 0 spiro atoms. The molecule has 1 atom stereocenters. The van der Waals surface area contributed by atoms with Crippen LogP contribution < -0.4 is 0 Å². The van der Waals surface area contributed by atoms with Crippen molar-refractivity contribution in [3.63, 3.8) is 0 Å². The normalized spacial score (nSPS) is 13.0. The van der Waals surface area contributed by atoms with Gasteiger partial charge in [0.05, 0.1) is 0 Å². The molecule has 0 bridgehead atoms. The van der Waals surface area contributed by atoms with E-state index < -0.39 is 6.10 Å². The van der Waals surface area contributed by atoms with Gasteiger partial charge in [0, 0.05) is 19.3 Å². The zero-order valence-electron chi connectivity index (χ0n) is 51.3. The first-order valence-corrected chi connectivity index (χ1v) is 32.7. The fourth-order valence-electron chi connectivity index (χ4n) is 8.76. The lowest BCUT2D eigenvalue weighted by Gasteiger charge is -2.18. The molecular weight excluding hydrogens is 973 g/mol. The van der Waals surface area contributed by atoms with Crippen molar-refractivity contribution in [3.8, 4) is 0 Å². The second-order valence-electron chi connectivity index (χ2n) is 21.3. The molecule has 448 valence electrons. The minimum atomic E-state index is -0.800. The average molecular weight is 1090 g/mol. The van der Waals surface area contributed by atoms with Gasteiger partial charge < -0.3 is 14.2 Å². The molecule has 0 aromatic carbocycles. The zero-order chi connectivity index (χ0) is 57.1. The van der Waals surface area contributed by atoms with Gasteiger partial charge >= 0.3 is 17.9 Å². The molecule has 6 nitrogen and oxygen atoms in total. The van der Waals surface area contributed by atoms with E-state index >= 15 is 0 Å². The number of carbonyl (C=O) groups is 3. The summed E-state index contributed by atoms with van der Waals surface area (Å²) in [5.74, 6) is -0.948. The van der Waals surface area contributed by atoms with Gasteiger partial charge in [0.15, 0.2) is 6.10 Å². The van der Waals surface area contributed by atoms with Crippen molar-refractivity contribution in [1.29, 1.82) is 0 Å². The van der Waals surface area contributed by atoms with E-state index in [2.05, 4.69) is 154 Å². The smallest absolute Gasteiger partial charge is 0.306 e. The summed E-state index contributed by atoms with van der Waals surface area (Å²) >= 11 is 0. The van der Waals surface area contributed by atoms with Crippen molar-refractivity contribution >= 4 is 17.9 Å². The Kier molecular flexibility index (Phi) is 62.3.